The molecule has 86 valence electrons. The zero-order valence-electron chi connectivity index (χ0n) is 8.55. The molecule has 0 amide bonds. The van der Waals surface area contributed by atoms with Crippen LogP contribution >= 0.6 is 0 Å². The van der Waals surface area contributed by atoms with Crippen molar-refractivity contribution in [3.63, 3.8) is 0 Å². The molecule has 5 nitrogen and oxygen atoms in total. The SMILES string of the molecule is Cc1ccccc1S(=O)(=O)O.NCCN. The second kappa shape index (κ2) is 6.52. The standard InChI is InChI=1S/C7H8O3S.C2H8N2/c1-6-4-2-3-5-7(6)11(8,9)10;3-1-2-4/h2-5H,1H3,(H,8,9,10);1-4H2. The van der Waals surface area contributed by atoms with E-state index >= 15 is 0 Å². The first-order chi connectivity index (χ1) is 6.93. The molecule has 1 aromatic rings. The van der Waals surface area contributed by atoms with E-state index in [1.54, 1.807) is 25.1 Å². The summed E-state index contributed by atoms with van der Waals surface area (Å²) in [5, 5.41) is 0. The summed E-state index contributed by atoms with van der Waals surface area (Å²) in [6, 6.07) is 6.27. The van der Waals surface area contributed by atoms with Gasteiger partial charge < -0.3 is 11.5 Å². The van der Waals surface area contributed by atoms with E-state index in [1.165, 1.54) is 6.07 Å². The van der Waals surface area contributed by atoms with Crippen LogP contribution in [0.4, 0.5) is 0 Å². The smallest absolute Gasteiger partial charge is 0.294 e. The molecule has 5 N–H and O–H groups in total. The van der Waals surface area contributed by atoms with Gasteiger partial charge in [-0.25, -0.2) is 0 Å². The molecule has 1 aromatic carbocycles. The second-order valence-corrected chi connectivity index (χ2v) is 4.21. The molecule has 0 heterocycles. The van der Waals surface area contributed by atoms with Crippen LogP contribution in [0.3, 0.4) is 0 Å². The third-order valence-corrected chi connectivity index (χ3v) is 2.55. The zero-order valence-corrected chi connectivity index (χ0v) is 9.37. The lowest BCUT2D eigenvalue weighted by Crippen LogP contribution is -2.11. The quantitative estimate of drug-likeness (QED) is 0.629. The Hall–Kier alpha value is -0.950. The van der Waals surface area contributed by atoms with Crippen molar-refractivity contribution in [3.8, 4) is 0 Å². The number of rotatable bonds is 2. The first-order valence-corrected chi connectivity index (χ1v) is 5.80. The van der Waals surface area contributed by atoms with Crippen LogP contribution in [0.25, 0.3) is 0 Å². The van der Waals surface area contributed by atoms with Gasteiger partial charge in [0.25, 0.3) is 10.1 Å². The second-order valence-electron chi connectivity index (χ2n) is 2.82. The molecule has 0 atom stereocenters. The molecule has 0 spiro atoms. The summed E-state index contributed by atoms with van der Waals surface area (Å²) >= 11 is 0. The molecule has 0 radical (unpaired) electrons. The van der Waals surface area contributed by atoms with Crippen LogP contribution in [0.15, 0.2) is 29.2 Å². The largest absolute Gasteiger partial charge is 0.329 e. The maximum Gasteiger partial charge on any atom is 0.294 e. The van der Waals surface area contributed by atoms with Crippen LogP contribution in [0, 0.1) is 6.92 Å². The monoisotopic (exact) mass is 232 g/mol. The lowest BCUT2D eigenvalue weighted by atomic mass is 10.2. The van der Waals surface area contributed by atoms with Gasteiger partial charge in [-0.2, -0.15) is 8.42 Å². The highest BCUT2D eigenvalue weighted by molar-refractivity contribution is 7.85. The van der Waals surface area contributed by atoms with Gasteiger partial charge in [0.1, 0.15) is 0 Å². The molecule has 0 saturated carbocycles. The molecular formula is C9H16N2O3S. The van der Waals surface area contributed by atoms with E-state index in [1.807, 2.05) is 0 Å². The van der Waals surface area contributed by atoms with Crippen molar-refractivity contribution in [3.05, 3.63) is 29.8 Å². The molecule has 1 rings (SSSR count). The Kier molecular flexibility index (Phi) is 6.11. The van der Waals surface area contributed by atoms with Gasteiger partial charge in [-0.1, -0.05) is 18.2 Å². The Balaban J connectivity index is 0.000000423. The highest BCUT2D eigenvalue weighted by Gasteiger charge is 2.10. The third kappa shape index (κ3) is 5.48. The van der Waals surface area contributed by atoms with Gasteiger partial charge in [-0.05, 0) is 18.6 Å². The summed E-state index contributed by atoms with van der Waals surface area (Å²) in [4.78, 5) is -0.0278. The highest BCUT2D eigenvalue weighted by Crippen LogP contribution is 2.12. The Labute approximate surface area is 89.8 Å². The van der Waals surface area contributed by atoms with Crippen molar-refractivity contribution in [1.82, 2.24) is 0 Å². The molecule has 0 aliphatic carbocycles. The maximum absolute atomic E-state index is 10.6. The normalized spacial score (nSPS) is 10.4. The molecule has 0 bridgehead atoms. The van der Waals surface area contributed by atoms with E-state index in [9.17, 15) is 8.42 Å². The maximum atomic E-state index is 10.6. The van der Waals surface area contributed by atoms with Gasteiger partial charge in [0, 0.05) is 13.1 Å². The van der Waals surface area contributed by atoms with Gasteiger partial charge in [0.15, 0.2) is 0 Å². The van der Waals surface area contributed by atoms with E-state index in [2.05, 4.69) is 0 Å². The summed E-state index contributed by atoms with van der Waals surface area (Å²) in [5.41, 5.74) is 10.4. The van der Waals surface area contributed by atoms with Gasteiger partial charge in [0.05, 0.1) is 4.90 Å². The number of hydrogen-bond acceptors (Lipinski definition) is 4. The summed E-state index contributed by atoms with van der Waals surface area (Å²) in [5.74, 6) is 0. The van der Waals surface area contributed by atoms with Crippen molar-refractivity contribution in [2.45, 2.75) is 11.8 Å². The summed E-state index contributed by atoms with van der Waals surface area (Å²) < 4.78 is 29.9. The fraction of sp³-hybridized carbons (Fsp3) is 0.333. The molecule has 0 aliphatic heterocycles. The first kappa shape index (κ1) is 14.1. The number of nitrogens with two attached hydrogens (primary N) is 2. The highest BCUT2D eigenvalue weighted by atomic mass is 32.2. The van der Waals surface area contributed by atoms with Crippen LogP contribution < -0.4 is 11.5 Å². The average Bonchev–Trinajstić information content (AvgIpc) is 2.17. The lowest BCUT2D eigenvalue weighted by molar-refractivity contribution is 0.482. The molecular weight excluding hydrogens is 216 g/mol. The first-order valence-electron chi connectivity index (χ1n) is 4.36. The Bertz CT molecular complexity index is 388. The van der Waals surface area contributed by atoms with Crippen LogP contribution in [-0.2, 0) is 10.1 Å². The summed E-state index contributed by atoms with van der Waals surface area (Å²) in [6.45, 7) is 2.82. The van der Waals surface area contributed by atoms with E-state index in [0.29, 0.717) is 18.7 Å². The number of aryl methyl sites for hydroxylation is 1. The Morgan fingerprint density at radius 1 is 1.20 bits per heavy atom. The molecule has 0 aromatic heterocycles. The lowest BCUT2D eigenvalue weighted by Gasteiger charge is -1.99. The molecule has 6 heteroatoms. The molecule has 15 heavy (non-hydrogen) atoms. The van der Waals surface area contributed by atoms with Crippen molar-refractivity contribution in [2.75, 3.05) is 13.1 Å². The zero-order chi connectivity index (χ0) is 11.9. The predicted octanol–water partition coefficient (Wildman–Crippen LogP) is 0.146. The van der Waals surface area contributed by atoms with Gasteiger partial charge in [-0.15, -0.1) is 0 Å². The molecule has 0 aliphatic rings. The minimum Gasteiger partial charge on any atom is -0.329 e. The Morgan fingerprint density at radius 3 is 1.93 bits per heavy atom. The van der Waals surface area contributed by atoms with Crippen molar-refractivity contribution >= 4 is 10.1 Å². The van der Waals surface area contributed by atoms with Crippen LogP contribution in [0.5, 0.6) is 0 Å². The van der Waals surface area contributed by atoms with Crippen LogP contribution in [0.1, 0.15) is 5.56 Å². The fourth-order valence-electron chi connectivity index (χ4n) is 0.846. The summed E-state index contributed by atoms with van der Waals surface area (Å²) in [6.07, 6.45) is 0. The minimum atomic E-state index is -4.03. The van der Waals surface area contributed by atoms with Gasteiger partial charge in [0.2, 0.25) is 0 Å². The van der Waals surface area contributed by atoms with Crippen molar-refractivity contribution in [2.24, 2.45) is 11.5 Å². The van der Waals surface area contributed by atoms with Crippen LogP contribution in [-0.4, -0.2) is 26.1 Å². The topological polar surface area (TPSA) is 106 Å². The number of benzene rings is 1. The van der Waals surface area contributed by atoms with Gasteiger partial charge >= 0.3 is 0 Å². The molecule has 0 unspecified atom stereocenters. The predicted molar refractivity (Wildman–Crippen MR) is 59.1 cm³/mol. The van der Waals surface area contributed by atoms with E-state index in [0.717, 1.165) is 0 Å². The number of hydrogen-bond donors (Lipinski definition) is 3. The molecule has 0 saturated heterocycles. The van der Waals surface area contributed by atoms with Crippen LogP contribution in [0.2, 0.25) is 0 Å². The van der Waals surface area contributed by atoms with Crippen molar-refractivity contribution in [1.29, 1.82) is 0 Å². The average molecular weight is 232 g/mol. The van der Waals surface area contributed by atoms with Gasteiger partial charge in [-0.3, -0.25) is 4.55 Å². The van der Waals surface area contributed by atoms with Crippen molar-refractivity contribution < 1.29 is 13.0 Å². The fourth-order valence-corrected chi connectivity index (χ4v) is 1.57. The minimum absolute atomic E-state index is 0.0278. The Morgan fingerprint density at radius 2 is 1.67 bits per heavy atom. The third-order valence-electron chi connectivity index (χ3n) is 1.54. The van der Waals surface area contributed by atoms with E-state index in [-0.39, 0.29) is 4.90 Å². The summed E-state index contributed by atoms with van der Waals surface area (Å²) in [7, 11) is -4.03. The molecule has 0 fully saturated rings. The van der Waals surface area contributed by atoms with E-state index in [4.69, 9.17) is 16.0 Å². The van der Waals surface area contributed by atoms with E-state index < -0.39 is 10.1 Å².